The molecule has 0 bridgehead atoms. The van der Waals surface area contributed by atoms with Crippen molar-refractivity contribution in [3.8, 4) is 0 Å². The maximum absolute atomic E-state index is 5.17. The van der Waals surface area contributed by atoms with Crippen LogP contribution in [0.4, 0.5) is 0 Å². The summed E-state index contributed by atoms with van der Waals surface area (Å²) in [5.41, 5.74) is 1.14. The van der Waals surface area contributed by atoms with Gasteiger partial charge in [0.1, 0.15) is 0 Å². The topological polar surface area (TPSA) is 59.6 Å². The van der Waals surface area contributed by atoms with E-state index in [9.17, 15) is 0 Å². The fraction of sp³-hybridized carbons (Fsp3) is 0.444. The van der Waals surface area contributed by atoms with Crippen LogP contribution in [0.2, 0.25) is 0 Å². The first-order valence-corrected chi connectivity index (χ1v) is 5.17. The Morgan fingerprint density at radius 3 is 3.00 bits per heavy atom. The lowest BCUT2D eigenvalue weighted by molar-refractivity contribution is 0.386. The van der Waals surface area contributed by atoms with Crippen molar-refractivity contribution in [3.05, 3.63) is 28.4 Å². The van der Waals surface area contributed by atoms with Gasteiger partial charge in [-0.2, -0.15) is 4.98 Å². The molecule has 0 atom stereocenters. The average molecular weight is 224 g/mol. The lowest BCUT2D eigenvalue weighted by atomic mass is 10.3. The smallest absolute Gasteiger partial charge is 0.223 e. The monoisotopic (exact) mass is 224 g/mol. The van der Waals surface area contributed by atoms with E-state index in [1.165, 1.54) is 0 Å². The van der Waals surface area contributed by atoms with Crippen LogP contribution in [-0.2, 0) is 13.0 Å². The second kappa shape index (κ2) is 3.98. The van der Waals surface area contributed by atoms with Gasteiger partial charge in [0.25, 0.3) is 0 Å². The van der Waals surface area contributed by atoms with E-state index in [-0.39, 0.29) is 0 Å². The van der Waals surface area contributed by atoms with Crippen molar-refractivity contribution >= 4 is 12.2 Å². The highest BCUT2D eigenvalue weighted by molar-refractivity contribution is 7.71. The van der Waals surface area contributed by atoms with E-state index >= 15 is 0 Å². The summed E-state index contributed by atoms with van der Waals surface area (Å²) in [4.78, 5) is 7.15. The molecule has 0 aromatic carbocycles. The Morgan fingerprint density at radius 2 is 2.40 bits per heavy atom. The van der Waals surface area contributed by atoms with E-state index in [0.29, 0.717) is 23.0 Å². The maximum Gasteiger partial charge on any atom is 0.223 e. The van der Waals surface area contributed by atoms with Gasteiger partial charge in [0, 0.05) is 18.8 Å². The normalized spacial score (nSPS) is 10.8. The molecule has 0 aliphatic carbocycles. The predicted molar refractivity (Wildman–Crippen MR) is 57.1 cm³/mol. The number of hydrogen-bond donors (Lipinski definition) is 1. The molecule has 0 saturated heterocycles. The van der Waals surface area contributed by atoms with E-state index in [0.717, 1.165) is 12.1 Å². The van der Waals surface area contributed by atoms with Crippen LogP contribution in [0.25, 0.3) is 0 Å². The molecule has 0 amide bonds. The van der Waals surface area contributed by atoms with Crippen LogP contribution >= 0.6 is 12.2 Å². The molecular formula is C9H12N4OS. The van der Waals surface area contributed by atoms with Gasteiger partial charge in [0.05, 0.1) is 6.54 Å². The molecule has 2 rings (SSSR count). The quantitative estimate of drug-likeness (QED) is 0.808. The summed E-state index contributed by atoms with van der Waals surface area (Å²) < 4.78 is 7.57. The van der Waals surface area contributed by atoms with Crippen molar-refractivity contribution in [2.75, 3.05) is 0 Å². The number of nitrogens with zero attached hydrogens (tertiary/aromatic N) is 3. The van der Waals surface area contributed by atoms with Crippen molar-refractivity contribution in [1.82, 2.24) is 19.7 Å². The van der Waals surface area contributed by atoms with Crippen LogP contribution in [0.3, 0.4) is 0 Å². The Kier molecular flexibility index (Phi) is 2.68. The Labute approximate surface area is 92.1 Å². The minimum atomic E-state index is 0.558. The number of H-pyrrole nitrogens is 1. The first-order valence-electron chi connectivity index (χ1n) is 4.77. The predicted octanol–water partition coefficient (Wildman–Crippen LogP) is 1.85. The standard InChI is InChI=1S/C9H12N4OS/c1-3-7-4-10-9(15)13(7)5-8-11-6(2)14-12-8/h4H,3,5H2,1-2H3,(H,10,15). The molecule has 0 spiro atoms. The summed E-state index contributed by atoms with van der Waals surface area (Å²) in [6, 6.07) is 0. The molecule has 0 aliphatic heterocycles. The molecule has 0 radical (unpaired) electrons. The summed E-state index contributed by atoms with van der Waals surface area (Å²) in [7, 11) is 0. The molecule has 2 aromatic rings. The van der Waals surface area contributed by atoms with Gasteiger partial charge in [-0.1, -0.05) is 12.1 Å². The highest BCUT2D eigenvalue weighted by Crippen LogP contribution is 2.06. The molecule has 80 valence electrons. The summed E-state index contributed by atoms with van der Waals surface area (Å²) in [6.07, 6.45) is 2.83. The van der Waals surface area contributed by atoms with Crippen molar-refractivity contribution in [2.24, 2.45) is 0 Å². The van der Waals surface area contributed by atoms with Gasteiger partial charge in [-0.05, 0) is 18.6 Å². The number of rotatable bonds is 3. The van der Waals surface area contributed by atoms with Gasteiger partial charge in [0.15, 0.2) is 10.6 Å². The third kappa shape index (κ3) is 1.99. The molecule has 1 N–H and O–H groups in total. The second-order valence-corrected chi connectivity index (χ2v) is 3.64. The molecule has 2 aromatic heterocycles. The summed E-state index contributed by atoms with van der Waals surface area (Å²) in [6.45, 7) is 4.41. The molecule has 15 heavy (non-hydrogen) atoms. The molecular weight excluding hydrogens is 212 g/mol. The fourth-order valence-electron chi connectivity index (χ4n) is 1.44. The Hall–Kier alpha value is -1.43. The summed E-state index contributed by atoms with van der Waals surface area (Å²) >= 11 is 5.17. The molecule has 2 heterocycles. The first kappa shape index (κ1) is 10.1. The Bertz CT molecular complexity index is 510. The zero-order valence-corrected chi connectivity index (χ0v) is 9.47. The Morgan fingerprint density at radius 1 is 1.60 bits per heavy atom. The summed E-state index contributed by atoms with van der Waals surface area (Å²) in [5, 5.41) is 3.84. The molecule has 0 saturated carbocycles. The van der Waals surface area contributed by atoms with Gasteiger partial charge >= 0.3 is 0 Å². The molecule has 6 heteroatoms. The zero-order valence-electron chi connectivity index (χ0n) is 8.65. The number of aromatic amines is 1. The highest BCUT2D eigenvalue weighted by Gasteiger charge is 2.07. The fourth-order valence-corrected chi connectivity index (χ4v) is 1.69. The van der Waals surface area contributed by atoms with Gasteiger partial charge in [-0.25, -0.2) is 0 Å². The molecule has 0 unspecified atom stereocenters. The van der Waals surface area contributed by atoms with Crippen molar-refractivity contribution in [3.63, 3.8) is 0 Å². The van der Waals surface area contributed by atoms with Crippen LogP contribution in [0.15, 0.2) is 10.7 Å². The van der Waals surface area contributed by atoms with Gasteiger partial charge in [0.2, 0.25) is 5.89 Å². The van der Waals surface area contributed by atoms with E-state index in [1.54, 1.807) is 6.92 Å². The average Bonchev–Trinajstić information content (AvgIpc) is 2.76. The van der Waals surface area contributed by atoms with Crippen molar-refractivity contribution in [1.29, 1.82) is 0 Å². The van der Waals surface area contributed by atoms with E-state index in [1.807, 2.05) is 10.8 Å². The van der Waals surface area contributed by atoms with Crippen LogP contribution in [-0.4, -0.2) is 19.7 Å². The largest absolute Gasteiger partial charge is 0.340 e. The van der Waals surface area contributed by atoms with Crippen LogP contribution < -0.4 is 0 Å². The third-order valence-corrected chi connectivity index (χ3v) is 2.52. The van der Waals surface area contributed by atoms with Crippen LogP contribution in [0.5, 0.6) is 0 Å². The van der Waals surface area contributed by atoms with Gasteiger partial charge in [-0.15, -0.1) is 0 Å². The lowest BCUT2D eigenvalue weighted by Crippen LogP contribution is -2.05. The number of aryl methyl sites for hydroxylation is 2. The van der Waals surface area contributed by atoms with Crippen molar-refractivity contribution < 1.29 is 4.52 Å². The first-order chi connectivity index (χ1) is 7.20. The molecule has 0 aliphatic rings. The zero-order chi connectivity index (χ0) is 10.8. The summed E-state index contributed by atoms with van der Waals surface area (Å²) in [5.74, 6) is 1.23. The minimum absolute atomic E-state index is 0.558. The van der Waals surface area contributed by atoms with Crippen LogP contribution in [0, 0.1) is 11.7 Å². The van der Waals surface area contributed by atoms with Crippen LogP contribution in [0.1, 0.15) is 24.3 Å². The number of aromatic nitrogens is 4. The number of imidazole rings is 1. The van der Waals surface area contributed by atoms with E-state index in [4.69, 9.17) is 16.7 Å². The number of hydrogen-bond acceptors (Lipinski definition) is 4. The second-order valence-electron chi connectivity index (χ2n) is 3.25. The SMILES string of the molecule is CCc1c[nH]c(=S)n1Cc1noc(C)n1. The van der Waals surface area contributed by atoms with E-state index < -0.39 is 0 Å². The minimum Gasteiger partial charge on any atom is -0.340 e. The third-order valence-electron chi connectivity index (χ3n) is 2.19. The highest BCUT2D eigenvalue weighted by atomic mass is 32.1. The maximum atomic E-state index is 5.17. The van der Waals surface area contributed by atoms with Gasteiger partial charge < -0.3 is 14.1 Å². The number of nitrogens with one attached hydrogen (secondary N) is 1. The lowest BCUT2D eigenvalue weighted by Gasteiger charge is -2.02. The van der Waals surface area contributed by atoms with E-state index in [2.05, 4.69) is 22.0 Å². The molecule has 5 nitrogen and oxygen atoms in total. The van der Waals surface area contributed by atoms with Gasteiger partial charge in [-0.3, -0.25) is 0 Å². The Balaban J connectivity index is 2.31. The molecule has 0 fully saturated rings. The van der Waals surface area contributed by atoms with Crippen molar-refractivity contribution in [2.45, 2.75) is 26.8 Å².